The molecule has 0 atom stereocenters. The summed E-state index contributed by atoms with van der Waals surface area (Å²) in [5.74, 6) is -0.109. The smallest absolute Gasteiger partial charge is 0.246 e. The summed E-state index contributed by atoms with van der Waals surface area (Å²) in [7, 11) is -2.31. The van der Waals surface area contributed by atoms with E-state index >= 15 is 0 Å². The largest absolute Gasteiger partial charge is 0.398 e. The molecule has 21 heavy (non-hydrogen) atoms. The number of hydrogen-bond acceptors (Lipinski definition) is 3. The topological polar surface area (TPSA) is 63.4 Å². The summed E-state index contributed by atoms with van der Waals surface area (Å²) in [6.07, 6.45) is 3.64. The molecule has 2 N–H and O–H groups in total. The van der Waals surface area contributed by atoms with Crippen LogP contribution in [0.1, 0.15) is 38.2 Å². The van der Waals surface area contributed by atoms with Crippen LogP contribution < -0.4 is 5.73 Å². The Hall–Kier alpha value is -1.14. The SMILES string of the molecule is Cc1cc(F)c(S(=O)(=O)N(C)C2CCC(C)CC2)cc1N. The van der Waals surface area contributed by atoms with E-state index in [4.69, 9.17) is 5.73 Å². The third kappa shape index (κ3) is 3.21. The maximum atomic E-state index is 14.1. The predicted octanol–water partition coefficient (Wildman–Crippen LogP) is 2.92. The van der Waals surface area contributed by atoms with Crippen molar-refractivity contribution in [3.63, 3.8) is 0 Å². The van der Waals surface area contributed by atoms with Crippen molar-refractivity contribution in [3.8, 4) is 0 Å². The van der Waals surface area contributed by atoms with Gasteiger partial charge in [0, 0.05) is 18.8 Å². The number of nitrogens with zero attached hydrogens (tertiary/aromatic N) is 1. The highest BCUT2D eigenvalue weighted by Crippen LogP contribution is 2.31. The predicted molar refractivity (Wildman–Crippen MR) is 81.9 cm³/mol. The highest BCUT2D eigenvalue weighted by Gasteiger charge is 2.32. The van der Waals surface area contributed by atoms with Crippen LogP contribution in [0.15, 0.2) is 17.0 Å². The van der Waals surface area contributed by atoms with Crippen molar-refractivity contribution in [1.29, 1.82) is 0 Å². The lowest BCUT2D eigenvalue weighted by Gasteiger charge is -2.33. The zero-order valence-corrected chi connectivity index (χ0v) is 13.6. The van der Waals surface area contributed by atoms with E-state index in [2.05, 4.69) is 6.92 Å². The minimum atomic E-state index is -3.85. The molecular weight excluding hydrogens is 291 g/mol. The Morgan fingerprint density at radius 2 is 1.81 bits per heavy atom. The molecule has 1 aliphatic carbocycles. The van der Waals surface area contributed by atoms with Gasteiger partial charge in [0.15, 0.2) is 0 Å². The van der Waals surface area contributed by atoms with Crippen LogP contribution >= 0.6 is 0 Å². The van der Waals surface area contributed by atoms with Gasteiger partial charge < -0.3 is 5.73 Å². The molecule has 0 spiro atoms. The van der Waals surface area contributed by atoms with Crippen molar-refractivity contribution in [2.45, 2.75) is 50.5 Å². The van der Waals surface area contributed by atoms with Gasteiger partial charge in [0.25, 0.3) is 0 Å². The summed E-state index contributed by atoms with van der Waals surface area (Å²) < 4.78 is 40.6. The van der Waals surface area contributed by atoms with Gasteiger partial charge in [-0.2, -0.15) is 4.31 Å². The lowest BCUT2D eigenvalue weighted by Crippen LogP contribution is -2.39. The Morgan fingerprint density at radius 3 is 2.38 bits per heavy atom. The second kappa shape index (κ2) is 5.93. The molecule has 0 amide bonds. The fraction of sp³-hybridized carbons (Fsp3) is 0.600. The average molecular weight is 314 g/mol. The standard InChI is InChI=1S/C15H23FN2O2S/c1-10-4-6-12(7-5-10)18(3)21(19,20)15-9-14(17)11(2)8-13(15)16/h8-10,12H,4-7,17H2,1-3H3. The number of anilines is 1. The van der Waals surface area contributed by atoms with Gasteiger partial charge in [-0.1, -0.05) is 6.92 Å². The zero-order chi connectivity index (χ0) is 15.8. The number of halogens is 1. The fourth-order valence-corrected chi connectivity index (χ4v) is 4.32. The van der Waals surface area contributed by atoms with E-state index in [-0.39, 0.29) is 10.9 Å². The molecule has 2 rings (SSSR count). The highest BCUT2D eigenvalue weighted by atomic mass is 32.2. The van der Waals surface area contributed by atoms with Crippen LogP contribution in [-0.2, 0) is 10.0 Å². The molecule has 1 fully saturated rings. The molecule has 0 saturated heterocycles. The quantitative estimate of drug-likeness (QED) is 0.873. The zero-order valence-electron chi connectivity index (χ0n) is 12.8. The van der Waals surface area contributed by atoms with Gasteiger partial charge >= 0.3 is 0 Å². The summed E-state index contributed by atoms with van der Waals surface area (Å²) in [5, 5.41) is 0. The van der Waals surface area contributed by atoms with Gasteiger partial charge in [0.1, 0.15) is 10.7 Å². The summed E-state index contributed by atoms with van der Waals surface area (Å²) in [6.45, 7) is 3.83. The molecule has 1 aromatic rings. The molecule has 0 unspecified atom stereocenters. The Labute approximate surface area is 126 Å². The average Bonchev–Trinajstić information content (AvgIpc) is 2.42. The molecule has 0 bridgehead atoms. The van der Waals surface area contributed by atoms with Gasteiger partial charge in [-0.05, 0) is 56.2 Å². The number of rotatable bonds is 3. The number of nitrogen functional groups attached to an aromatic ring is 1. The third-order valence-corrected chi connectivity index (χ3v) is 6.40. The second-order valence-electron chi connectivity index (χ2n) is 6.07. The van der Waals surface area contributed by atoms with Crippen molar-refractivity contribution >= 4 is 15.7 Å². The molecule has 1 saturated carbocycles. The Morgan fingerprint density at radius 1 is 1.24 bits per heavy atom. The van der Waals surface area contributed by atoms with E-state index in [0.717, 1.165) is 25.7 Å². The normalized spacial score (nSPS) is 23.5. The summed E-state index contributed by atoms with van der Waals surface area (Å²) in [5.41, 5.74) is 6.57. The molecular formula is C15H23FN2O2S. The molecule has 0 aromatic heterocycles. The summed E-state index contributed by atoms with van der Waals surface area (Å²) in [6, 6.07) is 2.34. The van der Waals surface area contributed by atoms with Crippen LogP contribution in [0.2, 0.25) is 0 Å². The van der Waals surface area contributed by atoms with Crippen molar-refractivity contribution < 1.29 is 12.8 Å². The van der Waals surface area contributed by atoms with Crippen molar-refractivity contribution in [2.24, 2.45) is 5.92 Å². The monoisotopic (exact) mass is 314 g/mol. The summed E-state index contributed by atoms with van der Waals surface area (Å²) >= 11 is 0. The van der Waals surface area contributed by atoms with E-state index in [1.165, 1.54) is 23.5 Å². The van der Waals surface area contributed by atoms with E-state index in [1.54, 1.807) is 6.92 Å². The van der Waals surface area contributed by atoms with Crippen molar-refractivity contribution in [1.82, 2.24) is 4.31 Å². The number of nitrogens with two attached hydrogens (primary N) is 1. The summed E-state index contributed by atoms with van der Waals surface area (Å²) in [4.78, 5) is -0.327. The molecule has 6 heteroatoms. The van der Waals surface area contributed by atoms with Crippen LogP contribution in [0, 0.1) is 18.7 Å². The van der Waals surface area contributed by atoms with E-state index in [9.17, 15) is 12.8 Å². The van der Waals surface area contributed by atoms with Crippen LogP contribution in [0.5, 0.6) is 0 Å². The van der Waals surface area contributed by atoms with Crippen molar-refractivity contribution in [2.75, 3.05) is 12.8 Å². The number of aryl methyl sites for hydroxylation is 1. The second-order valence-corrected chi connectivity index (χ2v) is 8.04. The van der Waals surface area contributed by atoms with Gasteiger partial charge in [0.2, 0.25) is 10.0 Å². The van der Waals surface area contributed by atoms with Crippen molar-refractivity contribution in [3.05, 3.63) is 23.5 Å². The van der Waals surface area contributed by atoms with Gasteiger partial charge in [-0.25, -0.2) is 12.8 Å². The Balaban J connectivity index is 2.31. The maximum absolute atomic E-state index is 14.1. The van der Waals surface area contributed by atoms with Crippen LogP contribution in [0.4, 0.5) is 10.1 Å². The minimum absolute atomic E-state index is 0.0619. The van der Waals surface area contributed by atoms with E-state index in [1.807, 2.05) is 0 Å². The van der Waals surface area contributed by atoms with Gasteiger partial charge in [0.05, 0.1) is 0 Å². The first-order valence-electron chi connectivity index (χ1n) is 7.27. The van der Waals surface area contributed by atoms with Gasteiger partial charge in [-0.3, -0.25) is 0 Å². The molecule has 118 valence electrons. The van der Waals surface area contributed by atoms with E-state index in [0.29, 0.717) is 17.2 Å². The first kappa shape index (κ1) is 16.2. The number of benzene rings is 1. The third-order valence-electron chi connectivity index (χ3n) is 4.48. The lowest BCUT2D eigenvalue weighted by atomic mass is 9.87. The lowest BCUT2D eigenvalue weighted by molar-refractivity contribution is 0.245. The van der Waals surface area contributed by atoms with Gasteiger partial charge in [-0.15, -0.1) is 0 Å². The highest BCUT2D eigenvalue weighted by molar-refractivity contribution is 7.89. The van der Waals surface area contributed by atoms with Crippen LogP contribution in [0.25, 0.3) is 0 Å². The molecule has 4 nitrogen and oxygen atoms in total. The van der Waals surface area contributed by atoms with Crippen LogP contribution in [-0.4, -0.2) is 25.8 Å². The first-order chi connectivity index (χ1) is 9.73. The van der Waals surface area contributed by atoms with Crippen LogP contribution in [0.3, 0.4) is 0 Å². The fourth-order valence-electron chi connectivity index (χ4n) is 2.82. The molecule has 1 aromatic carbocycles. The van der Waals surface area contributed by atoms with E-state index < -0.39 is 15.8 Å². The molecule has 0 heterocycles. The Bertz CT molecular complexity index is 623. The number of sulfonamides is 1. The Kier molecular flexibility index (Phi) is 4.58. The number of hydrogen-bond donors (Lipinski definition) is 1. The molecule has 1 aliphatic rings. The maximum Gasteiger partial charge on any atom is 0.246 e. The molecule has 0 aliphatic heterocycles. The minimum Gasteiger partial charge on any atom is -0.398 e. The molecule has 0 radical (unpaired) electrons. The first-order valence-corrected chi connectivity index (χ1v) is 8.71.